The second-order valence-corrected chi connectivity index (χ2v) is 4.18. The monoisotopic (exact) mass is 243 g/mol. The number of hydrogen-bond donors (Lipinski definition) is 3. The van der Waals surface area contributed by atoms with E-state index in [9.17, 15) is 0 Å². The van der Waals surface area contributed by atoms with E-state index in [1.807, 2.05) is 12.1 Å². The molecule has 0 fully saturated rings. The van der Waals surface area contributed by atoms with Crippen molar-refractivity contribution in [1.29, 1.82) is 0 Å². The average molecular weight is 243 g/mol. The van der Waals surface area contributed by atoms with Crippen molar-refractivity contribution < 1.29 is 5.21 Å². The lowest BCUT2D eigenvalue weighted by molar-refractivity contribution is 0.316. The van der Waals surface area contributed by atoms with Crippen LogP contribution in [0.15, 0.2) is 47.6 Å². The molecule has 0 atom stereocenters. The minimum absolute atomic E-state index is 0.273. The van der Waals surface area contributed by atoms with Crippen molar-refractivity contribution in [2.75, 3.05) is 11.9 Å². The third-order valence-electron chi connectivity index (χ3n) is 2.82. The number of hydrogen-bond acceptors (Lipinski definition) is 3. The first-order valence-corrected chi connectivity index (χ1v) is 5.98. The Morgan fingerprint density at radius 2 is 1.94 bits per heavy atom. The fourth-order valence-corrected chi connectivity index (χ4v) is 1.85. The maximum absolute atomic E-state index is 8.41. The Kier molecular flexibility index (Phi) is 4.02. The molecule has 4 N–H and O–H groups in total. The van der Waals surface area contributed by atoms with Crippen LogP contribution in [0.3, 0.4) is 0 Å². The summed E-state index contributed by atoms with van der Waals surface area (Å²) in [5.41, 5.74) is 6.49. The van der Waals surface area contributed by atoms with Gasteiger partial charge in [-0.15, -0.1) is 0 Å². The fourth-order valence-electron chi connectivity index (χ4n) is 1.85. The number of benzene rings is 2. The predicted octanol–water partition coefficient (Wildman–Crippen LogP) is 2.78. The summed E-state index contributed by atoms with van der Waals surface area (Å²) in [6.45, 7) is 0.800. The third-order valence-corrected chi connectivity index (χ3v) is 2.82. The highest BCUT2D eigenvalue weighted by Crippen LogP contribution is 2.18. The van der Waals surface area contributed by atoms with Crippen molar-refractivity contribution >= 4 is 22.3 Å². The molecule has 0 unspecified atom stereocenters. The summed E-state index contributed by atoms with van der Waals surface area (Å²) in [4.78, 5) is 0. The second kappa shape index (κ2) is 5.91. The highest BCUT2D eigenvalue weighted by Gasteiger charge is 1.96. The standard InChI is InChI=1S/C14H17N3O/c15-14(17-18)6-3-9-16-13-8-7-11-4-1-2-5-12(11)10-13/h1-2,4-5,7-8,10,16,18H,3,6,9H2,(H2,15,17). The van der Waals surface area contributed by atoms with Gasteiger partial charge in [0.05, 0.1) is 0 Å². The van der Waals surface area contributed by atoms with Crippen molar-refractivity contribution in [3.8, 4) is 0 Å². The van der Waals surface area contributed by atoms with Crippen LogP contribution in [-0.2, 0) is 0 Å². The van der Waals surface area contributed by atoms with Gasteiger partial charge in [-0.25, -0.2) is 0 Å². The van der Waals surface area contributed by atoms with Gasteiger partial charge in [0.15, 0.2) is 0 Å². The molecule has 2 aromatic carbocycles. The zero-order chi connectivity index (χ0) is 12.8. The molecule has 0 aromatic heterocycles. The van der Waals surface area contributed by atoms with E-state index in [0.717, 1.165) is 18.7 Å². The first kappa shape index (κ1) is 12.2. The minimum Gasteiger partial charge on any atom is -0.409 e. The Bertz CT molecular complexity index is 551. The van der Waals surface area contributed by atoms with Gasteiger partial charge in [-0.05, 0) is 29.3 Å². The predicted molar refractivity (Wildman–Crippen MR) is 75.1 cm³/mol. The number of nitrogens with zero attached hydrogens (tertiary/aromatic N) is 1. The van der Waals surface area contributed by atoms with Gasteiger partial charge >= 0.3 is 0 Å². The van der Waals surface area contributed by atoms with Crippen LogP contribution in [0.2, 0.25) is 0 Å². The number of nitrogens with one attached hydrogen (secondary N) is 1. The summed E-state index contributed by atoms with van der Waals surface area (Å²) >= 11 is 0. The second-order valence-electron chi connectivity index (χ2n) is 4.18. The first-order chi connectivity index (χ1) is 8.79. The molecule has 0 radical (unpaired) electrons. The van der Waals surface area contributed by atoms with Crippen LogP contribution < -0.4 is 11.1 Å². The molecule has 0 heterocycles. The third kappa shape index (κ3) is 3.13. The average Bonchev–Trinajstić information content (AvgIpc) is 2.43. The highest BCUT2D eigenvalue weighted by atomic mass is 16.4. The lowest BCUT2D eigenvalue weighted by Gasteiger charge is -2.07. The van der Waals surface area contributed by atoms with E-state index >= 15 is 0 Å². The molecule has 0 spiro atoms. The molecule has 2 aromatic rings. The zero-order valence-corrected chi connectivity index (χ0v) is 10.1. The number of nitrogens with two attached hydrogens (primary N) is 1. The quantitative estimate of drug-likeness (QED) is 0.248. The van der Waals surface area contributed by atoms with Crippen LogP contribution in [0, 0.1) is 0 Å². The first-order valence-electron chi connectivity index (χ1n) is 5.98. The minimum atomic E-state index is 0.273. The van der Waals surface area contributed by atoms with E-state index in [4.69, 9.17) is 10.9 Å². The van der Waals surface area contributed by atoms with Crippen LogP contribution in [0.4, 0.5) is 5.69 Å². The Morgan fingerprint density at radius 3 is 2.72 bits per heavy atom. The number of fused-ring (bicyclic) bond motifs is 1. The fraction of sp³-hybridized carbons (Fsp3) is 0.214. The largest absolute Gasteiger partial charge is 0.409 e. The van der Waals surface area contributed by atoms with Gasteiger partial charge in [0.25, 0.3) is 0 Å². The molecule has 0 aliphatic heterocycles. The van der Waals surface area contributed by atoms with E-state index in [1.54, 1.807) is 0 Å². The van der Waals surface area contributed by atoms with Gasteiger partial charge in [-0.3, -0.25) is 0 Å². The Morgan fingerprint density at radius 1 is 1.17 bits per heavy atom. The Hall–Kier alpha value is -2.23. The van der Waals surface area contributed by atoms with Crippen LogP contribution in [0.1, 0.15) is 12.8 Å². The SMILES string of the molecule is NC(CCCNc1ccc2ccccc2c1)=NO. The summed E-state index contributed by atoms with van der Waals surface area (Å²) in [6, 6.07) is 14.5. The number of amidine groups is 1. The number of anilines is 1. The molecule has 0 aliphatic carbocycles. The van der Waals surface area contributed by atoms with Crippen molar-refractivity contribution in [3.05, 3.63) is 42.5 Å². The topological polar surface area (TPSA) is 70.6 Å². The molecule has 0 saturated carbocycles. The molecular formula is C14H17N3O. The van der Waals surface area contributed by atoms with Crippen molar-refractivity contribution in [2.45, 2.75) is 12.8 Å². The van der Waals surface area contributed by atoms with E-state index in [1.165, 1.54) is 10.8 Å². The maximum Gasteiger partial charge on any atom is 0.139 e. The van der Waals surface area contributed by atoms with Crippen LogP contribution in [0.5, 0.6) is 0 Å². The van der Waals surface area contributed by atoms with Gasteiger partial charge in [-0.1, -0.05) is 35.5 Å². The van der Waals surface area contributed by atoms with Crippen molar-refractivity contribution in [2.24, 2.45) is 10.9 Å². The van der Waals surface area contributed by atoms with E-state index in [2.05, 4.69) is 40.8 Å². The molecule has 0 aliphatic rings. The summed E-state index contributed by atoms with van der Waals surface area (Å²) < 4.78 is 0. The molecule has 0 bridgehead atoms. The molecule has 0 amide bonds. The zero-order valence-electron chi connectivity index (χ0n) is 10.1. The van der Waals surface area contributed by atoms with E-state index < -0.39 is 0 Å². The van der Waals surface area contributed by atoms with Gasteiger partial charge in [0.1, 0.15) is 5.84 Å². The smallest absolute Gasteiger partial charge is 0.139 e. The molecule has 4 nitrogen and oxygen atoms in total. The molecule has 94 valence electrons. The van der Waals surface area contributed by atoms with E-state index in [-0.39, 0.29) is 5.84 Å². The molecule has 0 saturated heterocycles. The summed E-state index contributed by atoms with van der Waals surface area (Å²) in [6.07, 6.45) is 1.43. The lowest BCUT2D eigenvalue weighted by atomic mass is 10.1. The molecule has 4 heteroatoms. The number of oxime groups is 1. The highest BCUT2D eigenvalue weighted by molar-refractivity contribution is 5.85. The molecular weight excluding hydrogens is 226 g/mol. The van der Waals surface area contributed by atoms with Gasteiger partial charge in [-0.2, -0.15) is 0 Å². The summed E-state index contributed by atoms with van der Waals surface area (Å²) in [7, 11) is 0. The number of rotatable bonds is 5. The van der Waals surface area contributed by atoms with Gasteiger partial charge in [0, 0.05) is 18.7 Å². The summed E-state index contributed by atoms with van der Waals surface area (Å²) in [5.74, 6) is 0.273. The Balaban J connectivity index is 1.92. The van der Waals surface area contributed by atoms with Gasteiger partial charge < -0.3 is 16.3 Å². The molecule has 18 heavy (non-hydrogen) atoms. The maximum atomic E-state index is 8.41. The summed E-state index contributed by atoms with van der Waals surface area (Å²) in [5, 5.41) is 17.1. The lowest BCUT2D eigenvalue weighted by Crippen LogP contribution is -2.13. The van der Waals surface area contributed by atoms with Crippen molar-refractivity contribution in [3.63, 3.8) is 0 Å². The Labute approximate surface area is 106 Å². The van der Waals surface area contributed by atoms with Crippen LogP contribution >= 0.6 is 0 Å². The van der Waals surface area contributed by atoms with Crippen LogP contribution in [0.25, 0.3) is 10.8 Å². The van der Waals surface area contributed by atoms with Gasteiger partial charge in [0.2, 0.25) is 0 Å². The van der Waals surface area contributed by atoms with E-state index in [0.29, 0.717) is 6.42 Å². The molecule has 2 rings (SSSR count). The normalized spacial score (nSPS) is 11.7. The van der Waals surface area contributed by atoms with Crippen LogP contribution in [-0.4, -0.2) is 17.6 Å². The van der Waals surface area contributed by atoms with Crippen molar-refractivity contribution in [1.82, 2.24) is 0 Å².